The Bertz CT molecular complexity index is 728. The first-order valence-electron chi connectivity index (χ1n) is 6.39. The van der Waals surface area contributed by atoms with Crippen LogP contribution in [-0.2, 0) is 6.42 Å². The fraction of sp³-hybridized carbons (Fsp3) is 0.200. The van der Waals surface area contributed by atoms with Crippen LogP contribution in [0, 0.1) is 0 Å². The van der Waals surface area contributed by atoms with Gasteiger partial charge in [-0.15, -0.1) is 0 Å². The fourth-order valence-electron chi connectivity index (χ4n) is 2.21. The summed E-state index contributed by atoms with van der Waals surface area (Å²) in [4.78, 5) is 16.4. The molecule has 5 nitrogen and oxygen atoms in total. The van der Waals surface area contributed by atoms with E-state index in [0.717, 1.165) is 0 Å². The van der Waals surface area contributed by atoms with Crippen LogP contribution in [0.2, 0.25) is 10.0 Å². The van der Waals surface area contributed by atoms with Crippen LogP contribution in [0.5, 0.6) is 17.2 Å². The Morgan fingerprint density at radius 3 is 2.59 bits per heavy atom. The summed E-state index contributed by atoms with van der Waals surface area (Å²) in [7, 11) is 1.52. The van der Waals surface area contributed by atoms with Crippen LogP contribution in [0.4, 0.5) is 0 Å². The van der Waals surface area contributed by atoms with Crippen molar-refractivity contribution in [3.63, 3.8) is 0 Å². The zero-order chi connectivity index (χ0) is 15.7. The van der Waals surface area contributed by atoms with Crippen molar-refractivity contribution in [2.75, 3.05) is 13.9 Å². The van der Waals surface area contributed by atoms with Crippen LogP contribution < -0.4 is 14.2 Å². The molecule has 0 amide bonds. The summed E-state index contributed by atoms with van der Waals surface area (Å²) in [5, 5.41) is 0.700. The number of hydrogen-bond acceptors (Lipinski definition) is 5. The number of carbonyl (C=O) groups is 1. The van der Waals surface area contributed by atoms with Gasteiger partial charge in [-0.3, -0.25) is 9.78 Å². The zero-order valence-corrected chi connectivity index (χ0v) is 13.1. The minimum absolute atomic E-state index is 0.0440. The summed E-state index contributed by atoms with van der Waals surface area (Å²) in [5.74, 6) is 1.15. The summed E-state index contributed by atoms with van der Waals surface area (Å²) in [6, 6.07) is 3.30. The summed E-state index contributed by atoms with van der Waals surface area (Å²) >= 11 is 12.1. The number of benzene rings is 1. The van der Waals surface area contributed by atoms with Gasteiger partial charge in [0.05, 0.1) is 22.7 Å². The third kappa shape index (κ3) is 2.58. The molecule has 2 heterocycles. The number of Topliss-reactive ketones (excluding diaryl/α,β-unsaturated/α-hetero) is 1. The van der Waals surface area contributed by atoms with Gasteiger partial charge >= 0.3 is 0 Å². The smallest absolute Gasteiger partial charge is 0.231 e. The molecule has 0 saturated heterocycles. The Balaban J connectivity index is 1.95. The zero-order valence-electron chi connectivity index (χ0n) is 11.6. The van der Waals surface area contributed by atoms with Crippen LogP contribution in [0.3, 0.4) is 0 Å². The van der Waals surface area contributed by atoms with E-state index in [-0.39, 0.29) is 19.0 Å². The van der Waals surface area contributed by atoms with E-state index in [4.69, 9.17) is 37.4 Å². The van der Waals surface area contributed by atoms with Gasteiger partial charge in [-0.25, -0.2) is 0 Å². The molecule has 0 fully saturated rings. The van der Waals surface area contributed by atoms with Crippen LogP contribution in [-0.4, -0.2) is 24.7 Å². The van der Waals surface area contributed by atoms with Gasteiger partial charge in [0.2, 0.25) is 12.5 Å². The van der Waals surface area contributed by atoms with E-state index in [1.165, 1.54) is 19.5 Å². The molecule has 0 radical (unpaired) electrons. The topological polar surface area (TPSA) is 57.7 Å². The quantitative estimate of drug-likeness (QED) is 0.797. The lowest BCUT2D eigenvalue weighted by atomic mass is 10.0. The molecule has 0 unspecified atom stereocenters. The second kappa shape index (κ2) is 6.02. The van der Waals surface area contributed by atoms with Crippen molar-refractivity contribution in [1.82, 2.24) is 4.98 Å². The van der Waals surface area contributed by atoms with Gasteiger partial charge in [-0.2, -0.15) is 0 Å². The Kier molecular flexibility index (Phi) is 4.09. The predicted octanol–water partition coefficient (Wildman–Crippen LogP) is 3.55. The lowest BCUT2D eigenvalue weighted by Gasteiger charge is -2.09. The van der Waals surface area contributed by atoms with E-state index in [0.29, 0.717) is 38.4 Å². The Labute approximate surface area is 136 Å². The minimum Gasteiger partial charge on any atom is -0.493 e. The molecule has 1 aliphatic heterocycles. The van der Waals surface area contributed by atoms with Crippen molar-refractivity contribution in [3.8, 4) is 17.2 Å². The van der Waals surface area contributed by atoms with Crippen molar-refractivity contribution in [1.29, 1.82) is 0 Å². The van der Waals surface area contributed by atoms with Crippen LogP contribution in [0.1, 0.15) is 15.9 Å². The number of methoxy groups -OCH3 is 1. The highest BCUT2D eigenvalue weighted by atomic mass is 35.5. The molecule has 7 heteroatoms. The maximum Gasteiger partial charge on any atom is 0.231 e. The molecule has 3 rings (SSSR count). The highest BCUT2D eigenvalue weighted by molar-refractivity contribution is 6.36. The first kappa shape index (κ1) is 14.9. The number of fused-ring (bicyclic) bond motifs is 1. The maximum atomic E-state index is 12.6. The first-order chi connectivity index (χ1) is 10.6. The van der Waals surface area contributed by atoms with Gasteiger partial charge in [0.15, 0.2) is 17.3 Å². The number of hydrogen-bond donors (Lipinski definition) is 0. The minimum atomic E-state index is -0.181. The van der Waals surface area contributed by atoms with Crippen molar-refractivity contribution in [2.45, 2.75) is 6.42 Å². The van der Waals surface area contributed by atoms with Crippen LogP contribution in [0.25, 0.3) is 0 Å². The molecule has 114 valence electrons. The molecule has 1 aromatic carbocycles. The van der Waals surface area contributed by atoms with Crippen LogP contribution >= 0.6 is 23.2 Å². The Morgan fingerprint density at radius 2 is 1.91 bits per heavy atom. The molecule has 22 heavy (non-hydrogen) atoms. The third-order valence-electron chi connectivity index (χ3n) is 3.29. The molecule has 2 aromatic rings. The third-order valence-corrected chi connectivity index (χ3v) is 3.94. The molecule has 0 saturated carbocycles. The maximum absolute atomic E-state index is 12.6. The summed E-state index contributed by atoms with van der Waals surface area (Å²) < 4.78 is 15.9. The second-order valence-electron chi connectivity index (χ2n) is 4.56. The monoisotopic (exact) mass is 339 g/mol. The van der Waals surface area contributed by atoms with E-state index in [9.17, 15) is 4.79 Å². The lowest BCUT2D eigenvalue weighted by molar-refractivity contribution is 0.0988. The predicted molar refractivity (Wildman–Crippen MR) is 81.4 cm³/mol. The highest BCUT2D eigenvalue weighted by Gasteiger charge is 2.26. The Morgan fingerprint density at radius 1 is 1.23 bits per heavy atom. The molecule has 0 bridgehead atoms. The number of nitrogens with zero attached hydrogens (tertiary/aromatic N) is 1. The number of aromatic nitrogens is 1. The number of rotatable bonds is 4. The van der Waals surface area contributed by atoms with E-state index >= 15 is 0 Å². The van der Waals surface area contributed by atoms with E-state index in [1.807, 2.05) is 0 Å². The second-order valence-corrected chi connectivity index (χ2v) is 5.38. The fourth-order valence-corrected chi connectivity index (χ4v) is 2.71. The van der Waals surface area contributed by atoms with Crippen molar-refractivity contribution in [2.24, 2.45) is 0 Å². The summed E-state index contributed by atoms with van der Waals surface area (Å²) in [6.45, 7) is 0.0484. The van der Waals surface area contributed by atoms with Gasteiger partial charge in [0.25, 0.3) is 0 Å². The van der Waals surface area contributed by atoms with Crippen molar-refractivity contribution >= 4 is 29.0 Å². The average molecular weight is 340 g/mol. The number of ether oxygens (including phenoxy) is 3. The molecule has 0 atom stereocenters. The van der Waals surface area contributed by atoms with Gasteiger partial charge in [-0.05, 0) is 12.1 Å². The molecule has 0 N–H and O–H groups in total. The van der Waals surface area contributed by atoms with E-state index < -0.39 is 0 Å². The largest absolute Gasteiger partial charge is 0.493 e. The molecular formula is C15H11Cl2NO4. The van der Waals surface area contributed by atoms with Crippen LogP contribution in [0.15, 0.2) is 24.5 Å². The molecular weight excluding hydrogens is 329 g/mol. The Hall–Kier alpha value is -1.98. The van der Waals surface area contributed by atoms with Crippen molar-refractivity contribution < 1.29 is 19.0 Å². The summed E-state index contributed by atoms with van der Waals surface area (Å²) in [5.41, 5.74) is 0.934. The van der Waals surface area contributed by atoms with Crippen molar-refractivity contribution in [3.05, 3.63) is 45.7 Å². The standard InChI is InChI=1S/C15H11Cl2NO4/c1-20-13-3-2-8(14-15(13)22-7-21-14)12(19)4-9-10(16)5-18-6-11(9)17/h2-3,5-6H,4,7H2,1H3. The number of pyridine rings is 1. The van der Waals surface area contributed by atoms with E-state index in [2.05, 4.69) is 4.98 Å². The van der Waals surface area contributed by atoms with Gasteiger partial charge in [0, 0.05) is 24.4 Å². The average Bonchev–Trinajstić information content (AvgIpc) is 2.99. The molecule has 1 aromatic heterocycles. The number of halogens is 2. The normalized spacial score (nSPS) is 12.3. The molecule has 0 spiro atoms. The summed E-state index contributed by atoms with van der Waals surface area (Å²) in [6.07, 6.45) is 2.95. The molecule has 1 aliphatic rings. The van der Waals surface area contributed by atoms with E-state index in [1.54, 1.807) is 12.1 Å². The molecule has 0 aliphatic carbocycles. The lowest BCUT2D eigenvalue weighted by Crippen LogP contribution is -2.06. The van der Waals surface area contributed by atoms with Gasteiger partial charge < -0.3 is 14.2 Å². The van der Waals surface area contributed by atoms with Gasteiger partial charge in [-0.1, -0.05) is 23.2 Å². The van der Waals surface area contributed by atoms with Gasteiger partial charge in [0.1, 0.15) is 0 Å². The number of ketones is 1. The highest BCUT2D eigenvalue weighted by Crippen LogP contribution is 2.43. The number of carbonyl (C=O) groups excluding carboxylic acids is 1. The first-order valence-corrected chi connectivity index (χ1v) is 7.15. The SMILES string of the molecule is COc1ccc(C(=O)Cc2c(Cl)cncc2Cl)c2c1OCO2.